The van der Waals surface area contributed by atoms with Crippen molar-refractivity contribution < 1.29 is 14.3 Å². The lowest BCUT2D eigenvalue weighted by atomic mass is 10.1. The predicted molar refractivity (Wildman–Crippen MR) is 119 cm³/mol. The van der Waals surface area contributed by atoms with Crippen molar-refractivity contribution in [2.45, 2.75) is 39.3 Å². The topological polar surface area (TPSA) is 65.4 Å². The first-order chi connectivity index (χ1) is 14.6. The molecule has 0 aliphatic heterocycles. The number of allylic oxidation sites excluding steroid dienone is 1. The van der Waals surface area contributed by atoms with Crippen molar-refractivity contribution in [2.24, 2.45) is 0 Å². The van der Waals surface area contributed by atoms with Crippen molar-refractivity contribution in [3.05, 3.63) is 66.5 Å². The number of aryl methyl sites for hydroxylation is 1. The van der Waals surface area contributed by atoms with Crippen LogP contribution in [0.15, 0.2) is 55.1 Å². The minimum atomic E-state index is -0.0601. The monoisotopic (exact) mass is 407 g/mol. The van der Waals surface area contributed by atoms with Crippen LogP contribution in [0.3, 0.4) is 0 Å². The number of carbonyl (C=O) groups is 1. The summed E-state index contributed by atoms with van der Waals surface area (Å²) in [7, 11) is 1.65. The molecule has 6 nitrogen and oxygen atoms in total. The standard InChI is InChI=1S/C24H29N3O3/c1-4-9-19-12-13-22(23(16-19)29-3)30-15-8-7-14-27-21-11-6-5-10-20(21)26-24(27)17-25-18(2)28/h4-6,10-13,16H,1,7-9,14-15,17H2,2-3H3,(H,25,28). The molecule has 158 valence electrons. The fourth-order valence-electron chi connectivity index (χ4n) is 3.39. The van der Waals surface area contributed by atoms with Crippen LogP contribution < -0.4 is 14.8 Å². The summed E-state index contributed by atoms with van der Waals surface area (Å²) in [5.41, 5.74) is 3.17. The van der Waals surface area contributed by atoms with Gasteiger partial charge in [-0.15, -0.1) is 6.58 Å². The van der Waals surface area contributed by atoms with Crippen molar-refractivity contribution in [1.82, 2.24) is 14.9 Å². The highest BCUT2D eigenvalue weighted by Gasteiger charge is 2.11. The van der Waals surface area contributed by atoms with Gasteiger partial charge in [0.15, 0.2) is 11.5 Å². The maximum atomic E-state index is 11.3. The van der Waals surface area contributed by atoms with Gasteiger partial charge in [-0.25, -0.2) is 4.98 Å². The molecule has 2 aromatic carbocycles. The number of hydrogen-bond donors (Lipinski definition) is 1. The molecule has 0 radical (unpaired) electrons. The van der Waals surface area contributed by atoms with Crippen molar-refractivity contribution in [2.75, 3.05) is 13.7 Å². The number of methoxy groups -OCH3 is 1. The molecule has 0 aliphatic rings. The van der Waals surface area contributed by atoms with Crippen LogP contribution in [0.5, 0.6) is 11.5 Å². The van der Waals surface area contributed by atoms with Crippen LogP contribution >= 0.6 is 0 Å². The van der Waals surface area contributed by atoms with E-state index in [-0.39, 0.29) is 5.91 Å². The van der Waals surface area contributed by atoms with Gasteiger partial charge in [-0.1, -0.05) is 24.3 Å². The Morgan fingerprint density at radius 1 is 1.20 bits per heavy atom. The number of carbonyl (C=O) groups excluding carboxylic acids is 1. The highest BCUT2D eigenvalue weighted by Crippen LogP contribution is 2.28. The third kappa shape index (κ3) is 5.41. The number of imidazole rings is 1. The smallest absolute Gasteiger partial charge is 0.217 e. The summed E-state index contributed by atoms with van der Waals surface area (Å²) < 4.78 is 13.6. The van der Waals surface area contributed by atoms with Gasteiger partial charge in [-0.3, -0.25) is 4.79 Å². The molecule has 0 fully saturated rings. The Hall–Kier alpha value is -3.28. The zero-order valence-corrected chi connectivity index (χ0v) is 17.7. The molecule has 0 aliphatic carbocycles. The molecule has 0 atom stereocenters. The van der Waals surface area contributed by atoms with Gasteiger partial charge in [0.05, 0.1) is 31.3 Å². The fourth-order valence-corrected chi connectivity index (χ4v) is 3.39. The van der Waals surface area contributed by atoms with Gasteiger partial charge in [0.1, 0.15) is 5.82 Å². The number of ether oxygens (including phenoxy) is 2. The molecule has 0 unspecified atom stereocenters. The van der Waals surface area contributed by atoms with E-state index in [0.29, 0.717) is 13.2 Å². The largest absolute Gasteiger partial charge is 0.493 e. The van der Waals surface area contributed by atoms with Gasteiger partial charge in [0.2, 0.25) is 5.91 Å². The first-order valence-corrected chi connectivity index (χ1v) is 10.2. The van der Waals surface area contributed by atoms with Gasteiger partial charge in [0, 0.05) is 13.5 Å². The molecule has 1 heterocycles. The second-order valence-corrected chi connectivity index (χ2v) is 7.11. The van der Waals surface area contributed by atoms with E-state index in [1.807, 2.05) is 42.5 Å². The number of hydrogen-bond acceptors (Lipinski definition) is 4. The first kappa shape index (κ1) is 21.4. The second-order valence-electron chi connectivity index (χ2n) is 7.11. The average molecular weight is 408 g/mol. The lowest BCUT2D eigenvalue weighted by Crippen LogP contribution is -2.21. The van der Waals surface area contributed by atoms with Crippen LogP contribution in [0, 0.1) is 0 Å². The van der Waals surface area contributed by atoms with Crippen LogP contribution in [0.1, 0.15) is 31.2 Å². The Bertz CT molecular complexity index is 1010. The van der Waals surface area contributed by atoms with E-state index in [0.717, 1.165) is 59.7 Å². The molecule has 3 rings (SSSR count). The Balaban J connectivity index is 1.58. The van der Waals surface area contributed by atoms with Crippen LogP contribution in [0.25, 0.3) is 11.0 Å². The molecule has 6 heteroatoms. The first-order valence-electron chi connectivity index (χ1n) is 10.2. The molecule has 0 bridgehead atoms. The third-order valence-electron chi connectivity index (χ3n) is 4.87. The zero-order chi connectivity index (χ0) is 21.3. The zero-order valence-electron chi connectivity index (χ0n) is 17.7. The number of rotatable bonds is 11. The summed E-state index contributed by atoms with van der Waals surface area (Å²) in [6.07, 6.45) is 4.50. The number of nitrogens with zero attached hydrogens (tertiary/aromatic N) is 2. The summed E-state index contributed by atoms with van der Waals surface area (Å²) in [5, 5.41) is 2.85. The van der Waals surface area contributed by atoms with Crippen molar-refractivity contribution in [3.8, 4) is 11.5 Å². The van der Waals surface area contributed by atoms with E-state index < -0.39 is 0 Å². The Morgan fingerprint density at radius 3 is 2.80 bits per heavy atom. The SMILES string of the molecule is C=CCc1ccc(OCCCCn2c(CNC(C)=O)nc3ccccc32)c(OC)c1. The normalized spacial score (nSPS) is 10.7. The Labute approximate surface area is 177 Å². The van der Waals surface area contributed by atoms with Gasteiger partial charge in [-0.05, 0) is 49.1 Å². The fraction of sp³-hybridized carbons (Fsp3) is 0.333. The number of benzene rings is 2. The Kier molecular flexibility index (Phi) is 7.49. The number of aromatic nitrogens is 2. The number of fused-ring (bicyclic) bond motifs is 1. The summed E-state index contributed by atoms with van der Waals surface area (Å²) in [4.78, 5) is 16.0. The molecule has 1 N–H and O–H groups in total. The highest BCUT2D eigenvalue weighted by atomic mass is 16.5. The van der Waals surface area contributed by atoms with Crippen LogP contribution in [-0.4, -0.2) is 29.2 Å². The van der Waals surface area contributed by atoms with Gasteiger partial charge >= 0.3 is 0 Å². The third-order valence-corrected chi connectivity index (χ3v) is 4.87. The maximum Gasteiger partial charge on any atom is 0.217 e. The quantitative estimate of drug-likeness (QED) is 0.381. The predicted octanol–water partition coefficient (Wildman–Crippen LogP) is 4.27. The van der Waals surface area contributed by atoms with Gasteiger partial charge in [0.25, 0.3) is 0 Å². The molecular formula is C24H29N3O3. The van der Waals surface area contributed by atoms with Crippen molar-refractivity contribution in [3.63, 3.8) is 0 Å². The van der Waals surface area contributed by atoms with Gasteiger partial charge < -0.3 is 19.4 Å². The lowest BCUT2D eigenvalue weighted by Gasteiger charge is -2.13. The summed E-state index contributed by atoms with van der Waals surface area (Å²) >= 11 is 0. The number of para-hydroxylation sites is 2. The molecule has 1 amide bonds. The second kappa shape index (κ2) is 10.5. The molecule has 0 spiro atoms. The van der Waals surface area contributed by atoms with E-state index in [2.05, 4.69) is 27.5 Å². The number of amides is 1. The van der Waals surface area contributed by atoms with Crippen LogP contribution in [-0.2, 0) is 24.3 Å². The van der Waals surface area contributed by atoms with Gasteiger partial charge in [-0.2, -0.15) is 0 Å². The average Bonchev–Trinajstić information content (AvgIpc) is 3.10. The minimum Gasteiger partial charge on any atom is -0.493 e. The van der Waals surface area contributed by atoms with E-state index in [1.54, 1.807) is 7.11 Å². The van der Waals surface area contributed by atoms with E-state index in [1.165, 1.54) is 6.92 Å². The molecular weight excluding hydrogens is 378 g/mol. The van der Waals surface area contributed by atoms with Crippen molar-refractivity contribution in [1.29, 1.82) is 0 Å². The molecule has 0 saturated carbocycles. The molecule has 0 saturated heterocycles. The number of nitrogens with one attached hydrogen (secondary N) is 1. The lowest BCUT2D eigenvalue weighted by molar-refractivity contribution is -0.119. The van der Waals surface area contributed by atoms with E-state index in [9.17, 15) is 4.79 Å². The summed E-state index contributed by atoms with van der Waals surface area (Å²) in [6.45, 7) is 7.13. The summed E-state index contributed by atoms with van der Waals surface area (Å²) in [6, 6.07) is 14.0. The van der Waals surface area contributed by atoms with Crippen LogP contribution in [0.2, 0.25) is 0 Å². The Morgan fingerprint density at radius 2 is 2.03 bits per heavy atom. The van der Waals surface area contributed by atoms with E-state index >= 15 is 0 Å². The number of unbranched alkanes of at least 4 members (excludes halogenated alkanes) is 1. The summed E-state index contributed by atoms with van der Waals surface area (Å²) in [5.74, 6) is 2.30. The minimum absolute atomic E-state index is 0.0601. The maximum absolute atomic E-state index is 11.3. The van der Waals surface area contributed by atoms with Crippen LogP contribution in [0.4, 0.5) is 0 Å². The highest BCUT2D eigenvalue weighted by molar-refractivity contribution is 5.76. The van der Waals surface area contributed by atoms with Crippen molar-refractivity contribution >= 4 is 16.9 Å². The molecule has 3 aromatic rings. The molecule has 30 heavy (non-hydrogen) atoms. The molecule has 1 aromatic heterocycles. The van der Waals surface area contributed by atoms with E-state index in [4.69, 9.17) is 9.47 Å².